The van der Waals surface area contributed by atoms with Crippen LogP contribution in [0, 0.1) is 0 Å². The van der Waals surface area contributed by atoms with Crippen molar-refractivity contribution in [3.8, 4) is 0 Å². The highest BCUT2D eigenvalue weighted by atomic mass is 35.5. The maximum atomic E-state index is 13.5. The fraction of sp³-hybridized carbons (Fsp3) is 0.500. The van der Waals surface area contributed by atoms with Crippen molar-refractivity contribution in [2.45, 2.75) is 32.7 Å². The third-order valence-corrected chi connectivity index (χ3v) is 8.01. The number of rotatable bonds is 6. The zero-order valence-electron chi connectivity index (χ0n) is 18.3. The van der Waals surface area contributed by atoms with Crippen LogP contribution < -0.4 is 0 Å². The van der Waals surface area contributed by atoms with E-state index in [2.05, 4.69) is 14.0 Å². The molecule has 7 heteroatoms. The number of thiophene rings is 1. The smallest absolute Gasteiger partial charge is 0.255 e. The molecule has 0 spiro atoms. The van der Waals surface area contributed by atoms with E-state index in [0.29, 0.717) is 44.2 Å². The van der Waals surface area contributed by atoms with Gasteiger partial charge in [0, 0.05) is 42.3 Å². The summed E-state index contributed by atoms with van der Waals surface area (Å²) in [6, 6.07) is 7.41. The van der Waals surface area contributed by atoms with Gasteiger partial charge in [-0.25, -0.2) is 0 Å². The molecule has 31 heavy (non-hydrogen) atoms. The van der Waals surface area contributed by atoms with Crippen LogP contribution in [0.5, 0.6) is 0 Å². The van der Waals surface area contributed by atoms with E-state index in [4.69, 9.17) is 16.3 Å². The summed E-state index contributed by atoms with van der Waals surface area (Å²) in [6.07, 6.45) is 1.56. The number of quaternary nitrogens is 1. The van der Waals surface area contributed by atoms with E-state index < -0.39 is 0 Å². The van der Waals surface area contributed by atoms with Gasteiger partial charge in [-0.1, -0.05) is 23.7 Å². The molecule has 1 unspecified atom stereocenters. The number of ether oxygens (including phenoxy) is 1. The second-order valence-corrected chi connectivity index (χ2v) is 10.4. The van der Waals surface area contributed by atoms with Crippen LogP contribution in [0.3, 0.4) is 0 Å². The van der Waals surface area contributed by atoms with E-state index in [0.717, 1.165) is 46.5 Å². The summed E-state index contributed by atoms with van der Waals surface area (Å²) in [7, 11) is 2.28. The molecule has 1 aromatic carbocycles. The number of ketones is 1. The highest BCUT2D eigenvalue weighted by Crippen LogP contribution is 2.36. The van der Waals surface area contributed by atoms with Gasteiger partial charge in [0.1, 0.15) is 12.3 Å². The third-order valence-electron chi connectivity index (χ3n) is 6.54. The molecule has 1 saturated heterocycles. The molecule has 0 saturated carbocycles. The number of morpholine rings is 1. The number of nitrogens with zero attached hydrogens (tertiary/aromatic N) is 2. The molecule has 3 heterocycles. The molecule has 0 bridgehead atoms. The average Bonchev–Trinajstić information content (AvgIpc) is 3.11. The van der Waals surface area contributed by atoms with Crippen molar-refractivity contribution >= 4 is 34.6 Å². The van der Waals surface area contributed by atoms with Crippen molar-refractivity contribution < 1.29 is 18.8 Å². The molecule has 1 atom stereocenters. The van der Waals surface area contributed by atoms with Gasteiger partial charge >= 0.3 is 0 Å². The fourth-order valence-corrected chi connectivity index (χ4v) is 6.08. The second kappa shape index (κ2) is 9.41. The number of Topliss-reactive ketones (excluding diaryl/α,β-unsaturated/α-hetero) is 1. The van der Waals surface area contributed by atoms with Crippen molar-refractivity contribution in [1.29, 1.82) is 0 Å². The quantitative estimate of drug-likeness (QED) is 0.615. The molecule has 0 radical (unpaired) electrons. The lowest BCUT2D eigenvalue weighted by atomic mass is 9.97. The van der Waals surface area contributed by atoms with Crippen molar-refractivity contribution in [3.63, 3.8) is 0 Å². The van der Waals surface area contributed by atoms with Crippen molar-refractivity contribution in [3.05, 3.63) is 55.7 Å². The maximum absolute atomic E-state index is 13.5. The molecule has 2 aliphatic rings. The Kier molecular flexibility index (Phi) is 6.82. The standard InChI is InChI=1S/C24H30ClN2O3S/c1-3-27(2)11-8-20-22(16-27)31-21(23(20)24(29)26-9-12-30-13-10-26)15-19(28)14-17-4-6-18(25)7-5-17/h4-7H,3,8-16H2,1-2H3/q+1. The molecule has 2 aliphatic heterocycles. The lowest BCUT2D eigenvalue weighted by Gasteiger charge is -2.37. The van der Waals surface area contributed by atoms with Crippen molar-refractivity contribution in [1.82, 2.24) is 4.90 Å². The molecule has 0 N–H and O–H groups in total. The Morgan fingerprint density at radius 2 is 1.87 bits per heavy atom. The highest BCUT2D eigenvalue weighted by Gasteiger charge is 2.35. The van der Waals surface area contributed by atoms with E-state index in [1.54, 1.807) is 11.3 Å². The van der Waals surface area contributed by atoms with Crippen molar-refractivity contribution in [2.75, 3.05) is 46.4 Å². The summed E-state index contributed by atoms with van der Waals surface area (Å²) in [5.41, 5.74) is 2.93. The molecule has 5 nitrogen and oxygen atoms in total. The van der Waals surface area contributed by atoms with Crippen LogP contribution in [-0.2, 0) is 35.3 Å². The topological polar surface area (TPSA) is 46.6 Å². The first kappa shape index (κ1) is 22.5. The Hall–Kier alpha value is -1.73. The van der Waals surface area contributed by atoms with Crippen LogP contribution in [0.15, 0.2) is 24.3 Å². The summed E-state index contributed by atoms with van der Waals surface area (Å²) in [5.74, 6) is 0.201. The predicted molar refractivity (Wildman–Crippen MR) is 124 cm³/mol. The van der Waals surface area contributed by atoms with Gasteiger partial charge in [0.05, 0.1) is 43.8 Å². The Bertz CT molecular complexity index is 966. The lowest BCUT2D eigenvalue weighted by molar-refractivity contribution is -0.922. The largest absolute Gasteiger partial charge is 0.378 e. The summed E-state index contributed by atoms with van der Waals surface area (Å²) in [4.78, 5) is 30.6. The third kappa shape index (κ3) is 5.03. The fourth-order valence-electron chi connectivity index (χ4n) is 4.41. The van der Waals surface area contributed by atoms with Gasteiger partial charge in [-0.3, -0.25) is 9.59 Å². The van der Waals surface area contributed by atoms with Gasteiger partial charge in [-0.05, 0) is 30.2 Å². The molecule has 0 aliphatic carbocycles. The monoisotopic (exact) mass is 461 g/mol. The zero-order chi connectivity index (χ0) is 22.0. The minimum atomic E-state index is 0.0719. The normalized spacial score (nSPS) is 21.1. The summed E-state index contributed by atoms with van der Waals surface area (Å²) in [6.45, 7) is 7.63. The molecule has 1 amide bonds. The van der Waals surface area contributed by atoms with Gasteiger partial charge in [-0.15, -0.1) is 11.3 Å². The van der Waals surface area contributed by atoms with E-state index in [9.17, 15) is 9.59 Å². The lowest BCUT2D eigenvalue weighted by Crippen LogP contribution is -2.47. The molecular formula is C24H30ClN2O3S+. The molecule has 1 fully saturated rings. The first-order valence-electron chi connectivity index (χ1n) is 11.0. The SMILES string of the molecule is CC[N+]1(C)CCc2c(sc(CC(=O)Cc3ccc(Cl)cc3)c2C(=O)N2CCOCC2)C1. The Morgan fingerprint density at radius 3 is 2.55 bits per heavy atom. The van der Waals surface area contributed by atoms with Gasteiger partial charge in [-0.2, -0.15) is 0 Å². The number of carbonyl (C=O) groups is 2. The summed E-state index contributed by atoms with van der Waals surface area (Å²) >= 11 is 7.64. The number of fused-ring (bicyclic) bond motifs is 1. The number of halogens is 1. The van der Waals surface area contributed by atoms with Crippen LogP contribution in [0.4, 0.5) is 0 Å². The van der Waals surface area contributed by atoms with Gasteiger partial charge in [0.15, 0.2) is 0 Å². The van der Waals surface area contributed by atoms with E-state index >= 15 is 0 Å². The number of likely N-dealkylation sites (N-methyl/N-ethyl adjacent to an activating group) is 1. The van der Waals surface area contributed by atoms with E-state index in [-0.39, 0.29) is 11.7 Å². The van der Waals surface area contributed by atoms with Crippen LogP contribution in [0.2, 0.25) is 5.02 Å². The number of hydrogen-bond donors (Lipinski definition) is 0. The highest BCUT2D eigenvalue weighted by molar-refractivity contribution is 7.12. The van der Waals surface area contributed by atoms with Gasteiger partial charge in [0.25, 0.3) is 5.91 Å². The van der Waals surface area contributed by atoms with Crippen LogP contribution >= 0.6 is 22.9 Å². The summed E-state index contributed by atoms with van der Waals surface area (Å²) < 4.78 is 6.42. The molecule has 2 aromatic rings. The van der Waals surface area contributed by atoms with E-state index in [1.165, 1.54) is 10.4 Å². The zero-order valence-corrected chi connectivity index (χ0v) is 19.9. The van der Waals surface area contributed by atoms with Gasteiger partial charge < -0.3 is 14.1 Å². The minimum absolute atomic E-state index is 0.0719. The number of hydrogen-bond acceptors (Lipinski definition) is 4. The average molecular weight is 462 g/mol. The summed E-state index contributed by atoms with van der Waals surface area (Å²) in [5, 5.41) is 0.664. The Balaban J connectivity index is 1.61. The molecular weight excluding hydrogens is 432 g/mol. The molecule has 4 rings (SSSR count). The Morgan fingerprint density at radius 1 is 1.16 bits per heavy atom. The van der Waals surface area contributed by atoms with Crippen LogP contribution in [0.25, 0.3) is 0 Å². The first-order valence-corrected chi connectivity index (χ1v) is 12.2. The van der Waals surface area contributed by atoms with Crippen molar-refractivity contribution in [2.24, 2.45) is 0 Å². The number of carbonyl (C=O) groups excluding carboxylic acids is 2. The predicted octanol–water partition coefficient (Wildman–Crippen LogP) is 3.75. The van der Waals surface area contributed by atoms with E-state index in [1.807, 2.05) is 29.2 Å². The number of benzene rings is 1. The number of amides is 1. The van der Waals surface area contributed by atoms with Crippen LogP contribution in [0.1, 0.15) is 38.2 Å². The second-order valence-electron chi connectivity index (χ2n) is 8.79. The minimum Gasteiger partial charge on any atom is -0.378 e. The molecule has 1 aromatic heterocycles. The first-order chi connectivity index (χ1) is 14.9. The van der Waals surface area contributed by atoms with Crippen LogP contribution in [-0.4, -0.2) is 67.5 Å². The van der Waals surface area contributed by atoms with Gasteiger partial charge in [0.2, 0.25) is 0 Å². The molecule has 166 valence electrons. The Labute approximate surface area is 193 Å². The maximum Gasteiger partial charge on any atom is 0.255 e.